The minimum atomic E-state index is -0.510. The summed E-state index contributed by atoms with van der Waals surface area (Å²) in [5.74, 6) is 0.530. The number of hydrogen-bond donors (Lipinski definition) is 0. The number of nitrogens with zero attached hydrogens (tertiary/aromatic N) is 2. The fourth-order valence-electron chi connectivity index (χ4n) is 3.85. The third-order valence-electron chi connectivity index (χ3n) is 5.32. The molecule has 0 bridgehead atoms. The highest BCUT2D eigenvalue weighted by Gasteiger charge is 2.41. The van der Waals surface area contributed by atoms with Gasteiger partial charge in [0.15, 0.2) is 0 Å². The van der Waals surface area contributed by atoms with Crippen LogP contribution in [-0.2, 0) is 17.9 Å². The fraction of sp³-hybridized carbons (Fsp3) is 0.200. The van der Waals surface area contributed by atoms with Crippen molar-refractivity contribution in [2.45, 2.75) is 31.5 Å². The predicted molar refractivity (Wildman–Crippen MR) is 111 cm³/mol. The minimum Gasteiger partial charge on any atom is -0.489 e. The van der Waals surface area contributed by atoms with E-state index in [0.29, 0.717) is 19.6 Å². The Labute approximate surface area is 171 Å². The quantitative estimate of drug-likeness (QED) is 0.622. The molecular formula is C25H22N2O2. The van der Waals surface area contributed by atoms with Crippen molar-refractivity contribution in [3.63, 3.8) is 0 Å². The van der Waals surface area contributed by atoms with Gasteiger partial charge in [-0.05, 0) is 17.2 Å². The van der Waals surface area contributed by atoms with Gasteiger partial charge < -0.3 is 9.64 Å². The highest BCUT2D eigenvalue weighted by Crippen LogP contribution is 2.39. The molecule has 0 spiro atoms. The molecule has 1 aliphatic rings. The lowest BCUT2D eigenvalue weighted by Gasteiger charge is -2.24. The lowest BCUT2D eigenvalue weighted by molar-refractivity contribution is -0.128. The maximum absolute atomic E-state index is 12.8. The molecule has 29 heavy (non-hydrogen) atoms. The van der Waals surface area contributed by atoms with E-state index in [2.05, 4.69) is 6.07 Å². The first-order valence-electron chi connectivity index (χ1n) is 9.75. The second-order valence-electron chi connectivity index (χ2n) is 7.20. The van der Waals surface area contributed by atoms with Gasteiger partial charge in [0.1, 0.15) is 18.4 Å². The van der Waals surface area contributed by atoms with Gasteiger partial charge in [-0.2, -0.15) is 5.26 Å². The van der Waals surface area contributed by atoms with Crippen molar-refractivity contribution < 1.29 is 9.53 Å². The first-order valence-corrected chi connectivity index (χ1v) is 9.75. The molecule has 3 aromatic carbocycles. The highest BCUT2D eigenvalue weighted by atomic mass is 16.5. The number of carbonyl (C=O) groups excluding carboxylic acids is 1. The van der Waals surface area contributed by atoms with Gasteiger partial charge in [0, 0.05) is 24.4 Å². The highest BCUT2D eigenvalue weighted by molar-refractivity contribution is 5.81. The summed E-state index contributed by atoms with van der Waals surface area (Å²) in [7, 11) is 0. The number of rotatable bonds is 6. The topological polar surface area (TPSA) is 53.3 Å². The minimum absolute atomic E-state index is 0.00302. The van der Waals surface area contributed by atoms with Gasteiger partial charge >= 0.3 is 0 Å². The van der Waals surface area contributed by atoms with Crippen LogP contribution in [0.15, 0.2) is 84.9 Å². The molecule has 1 heterocycles. The Bertz CT molecular complexity index is 1010. The molecule has 1 amide bonds. The van der Waals surface area contributed by atoms with Crippen LogP contribution < -0.4 is 4.74 Å². The number of para-hydroxylation sites is 1. The van der Waals surface area contributed by atoms with Crippen LogP contribution in [0.4, 0.5) is 0 Å². The Balaban J connectivity index is 1.56. The third-order valence-corrected chi connectivity index (χ3v) is 5.32. The van der Waals surface area contributed by atoms with Crippen LogP contribution in [0.1, 0.15) is 29.0 Å². The second-order valence-corrected chi connectivity index (χ2v) is 7.20. The Hall–Kier alpha value is -3.58. The number of benzene rings is 3. The summed E-state index contributed by atoms with van der Waals surface area (Å²) < 4.78 is 6.08. The molecule has 1 aliphatic heterocycles. The summed E-state index contributed by atoms with van der Waals surface area (Å²) in [6, 6.07) is 29.3. The Morgan fingerprint density at radius 2 is 1.52 bits per heavy atom. The fourth-order valence-corrected chi connectivity index (χ4v) is 3.85. The van der Waals surface area contributed by atoms with Crippen molar-refractivity contribution in [2.75, 3.05) is 0 Å². The number of carbonyl (C=O) groups is 1. The van der Waals surface area contributed by atoms with E-state index in [4.69, 9.17) is 4.74 Å². The summed E-state index contributed by atoms with van der Waals surface area (Å²) >= 11 is 0. The zero-order valence-electron chi connectivity index (χ0n) is 16.1. The van der Waals surface area contributed by atoms with E-state index < -0.39 is 6.04 Å². The lowest BCUT2D eigenvalue weighted by atomic mass is 9.91. The Morgan fingerprint density at radius 1 is 0.897 bits per heavy atom. The summed E-state index contributed by atoms with van der Waals surface area (Å²) in [5, 5.41) is 9.88. The molecule has 1 saturated heterocycles. The molecule has 2 atom stereocenters. The van der Waals surface area contributed by atoms with Gasteiger partial charge in [-0.25, -0.2) is 0 Å². The van der Waals surface area contributed by atoms with Gasteiger partial charge in [0.05, 0.1) is 6.07 Å². The molecular weight excluding hydrogens is 360 g/mol. The number of nitriles is 1. The third kappa shape index (κ3) is 4.14. The monoisotopic (exact) mass is 382 g/mol. The van der Waals surface area contributed by atoms with E-state index in [0.717, 1.165) is 22.4 Å². The molecule has 0 aliphatic carbocycles. The van der Waals surface area contributed by atoms with Crippen molar-refractivity contribution in [1.82, 2.24) is 4.90 Å². The summed E-state index contributed by atoms with van der Waals surface area (Å²) in [6.07, 6.45) is 0.316. The van der Waals surface area contributed by atoms with Gasteiger partial charge in [0.25, 0.3) is 0 Å². The molecule has 0 aromatic heterocycles. The van der Waals surface area contributed by atoms with Crippen molar-refractivity contribution in [2.24, 2.45) is 0 Å². The summed E-state index contributed by atoms with van der Waals surface area (Å²) in [6.45, 7) is 0.894. The number of amides is 1. The molecule has 4 rings (SSSR count). The maximum atomic E-state index is 12.8. The van der Waals surface area contributed by atoms with Gasteiger partial charge in [0.2, 0.25) is 5.91 Å². The number of hydrogen-bond acceptors (Lipinski definition) is 3. The molecule has 0 N–H and O–H groups in total. The average molecular weight is 382 g/mol. The molecule has 144 valence electrons. The molecule has 3 aromatic rings. The SMILES string of the molecule is N#C[C@@H]1[C@H](c2ccccc2OCc2ccccc2)CC(=O)N1Cc1ccccc1. The van der Waals surface area contributed by atoms with Crippen molar-refractivity contribution in [3.8, 4) is 11.8 Å². The van der Waals surface area contributed by atoms with E-state index in [1.165, 1.54) is 0 Å². The van der Waals surface area contributed by atoms with Crippen LogP contribution in [0.5, 0.6) is 5.75 Å². The smallest absolute Gasteiger partial charge is 0.224 e. The van der Waals surface area contributed by atoms with E-state index in [1.54, 1.807) is 4.90 Å². The van der Waals surface area contributed by atoms with E-state index in [-0.39, 0.29) is 11.8 Å². The molecule has 0 radical (unpaired) electrons. The molecule has 0 unspecified atom stereocenters. The maximum Gasteiger partial charge on any atom is 0.224 e. The van der Waals surface area contributed by atoms with Crippen LogP contribution in [0.3, 0.4) is 0 Å². The van der Waals surface area contributed by atoms with Gasteiger partial charge in [-0.15, -0.1) is 0 Å². The largest absolute Gasteiger partial charge is 0.489 e. The molecule has 1 fully saturated rings. The molecule has 0 saturated carbocycles. The van der Waals surface area contributed by atoms with E-state index in [9.17, 15) is 10.1 Å². The number of ether oxygens (including phenoxy) is 1. The van der Waals surface area contributed by atoms with Gasteiger partial charge in [-0.3, -0.25) is 4.79 Å². The normalized spacial score (nSPS) is 18.4. The van der Waals surface area contributed by atoms with Crippen LogP contribution in [0.25, 0.3) is 0 Å². The summed E-state index contributed by atoms with van der Waals surface area (Å²) in [5.41, 5.74) is 3.02. The predicted octanol–water partition coefficient (Wildman–Crippen LogP) is 4.67. The van der Waals surface area contributed by atoms with E-state index >= 15 is 0 Å². The second kappa shape index (κ2) is 8.62. The van der Waals surface area contributed by atoms with Crippen molar-refractivity contribution in [3.05, 3.63) is 102 Å². The zero-order valence-corrected chi connectivity index (χ0v) is 16.1. The standard InChI is InChI=1S/C25H22N2O2/c26-16-23-22(15-25(28)27(23)17-19-9-3-1-4-10-19)21-13-7-8-14-24(21)29-18-20-11-5-2-6-12-20/h1-14,22-23H,15,17-18H2/t22-,23+/m0/s1. The van der Waals surface area contributed by atoms with Crippen LogP contribution in [0.2, 0.25) is 0 Å². The first-order chi connectivity index (χ1) is 14.3. The van der Waals surface area contributed by atoms with Gasteiger partial charge in [-0.1, -0.05) is 78.9 Å². The zero-order chi connectivity index (χ0) is 20.1. The first kappa shape index (κ1) is 18.8. The lowest BCUT2D eigenvalue weighted by Crippen LogP contribution is -2.33. The average Bonchev–Trinajstić information content (AvgIpc) is 3.09. The van der Waals surface area contributed by atoms with Crippen LogP contribution in [0, 0.1) is 11.3 Å². The van der Waals surface area contributed by atoms with Crippen LogP contribution >= 0.6 is 0 Å². The molecule has 4 heteroatoms. The Morgan fingerprint density at radius 3 is 2.21 bits per heavy atom. The van der Waals surface area contributed by atoms with E-state index in [1.807, 2.05) is 84.9 Å². The Kier molecular flexibility index (Phi) is 5.58. The number of likely N-dealkylation sites (tertiary alicyclic amines) is 1. The summed E-state index contributed by atoms with van der Waals surface area (Å²) in [4.78, 5) is 14.4. The van der Waals surface area contributed by atoms with Crippen molar-refractivity contribution in [1.29, 1.82) is 5.26 Å². The molecule has 4 nitrogen and oxygen atoms in total. The van der Waals surface area contributed by atoms with Crippen molar-refractivity contribution >= 4 is 5.91 Å². The van der Waals surface area contributed by atoms with Crippen LogP contribution in [-0.4, -0.2) is 16.8 Å².